The van der Waals surface area contributed by atoms with E-state index in [0.29, 0.717) is 0 Å². The molecule has 3 heterocycles. The van der Waals surface area contributed by atoms with Crippen LogP contribution in [0.3, 0.4) is 0 Å². The van der Waals surface area contributed by atoms with Crippen LogP contribution in [0.5, 0.6) is 0 Å². The van der Waals surface area contributed by atoms with Crippen LogP contribution in [0.1, 0.15) is 13.8 Å². The predicted molar refractivity (Wildman–Crippen MR) is 122 cm³/mol. The van der Waals surface area contributed by atoms with Gasteiger partial charge in [-0.25, -0.2) is 0 Å². The Balaban J connectivity index is 1.94. The van der Waals surface area contributed by atoms with Crippen LogP contribution in [-0.4, -0.2) is 170 Å². The summed E-state index contributed by atoms with van der Waals surface area (Å²) in [5, 5.41) is 94.1. The number of nitrogens with one attached hydrogen (secondary N) is 1. The first-order chi connectivity index (χ1) is 18.3. The normalized spacial score (nSPS) is 49.0. The molecule has 228 valence electrons. The first-order valence-corrected chi connectivity index (χ1v) is 12.4. The number of aliphatic hydroxyl groups is 9. The minimum absolute atomic E-state index is 0.657. The number of carbonyl (C=O) groups is 1. The summed E-state index contributed by atoms with van der Waals surface area (Å²) in [5.74, 6) is -2.81. The van der Waals surface area contributed by atoms with Gasteiger partial charge in [0.25, 0.3) is 0 Å². The van der Waals surface area contributed by atoms with E-state index >= 15 is 0 Å². The molecule has 39 heavy (non-hydrogen) atoms. The van der Waals surface area contributed by atoms with E-state index in [9.17, 15) is 50.8 Å². The van der Waals surface area contributed by atoms with E-state index < -0.39 is 117 Å². The van der Waals surface area contributed by atoms with Gasteiger partial charge in [0.1, 0.15) is 73.2 Å². The third-order valence-electron chi connectivity index (χ3n) is 7.12. The van der Waals surface area contributed by atoms with Gasteiger partial charge in [0, 0.05) is 14.0 Å². The summed E-state index contributed by atoms with van der Waals surface area (Å²) < 4.78 is 33.6. The zero-order chi connectivity index (χ0) is 29.2. The summed E-state index contributed by atoms with van der Waals surface area (Å²) >= 11 is 0. The number of amides is 1. The average Bonchev–Trinajstić information content (AvgIpc) is 2.90. The number of hydrogen-bond donors (Lipinski definition) is 10. The molecule has 1 amide bonds. The molecule has 0 unspecified atom stereocenters. The molecule has 0 aromatic heterocycles. The van der Waals surface area contributed by atoms with Crippen LogP contribution in [0.4, 0.5) is 0 Å². The van der Waals surface area contributed by atoms with Crippen molar-refractivity contribution < 1.29 is 79.2 Å². The van der Waals surface area contributed by atoms with Gasteiger partial charge in [0.15, 0.2) is 18.4 Å². The Morgan fingerprint density at radius 2 is 1.33 bits per heavy atom. The van der Waals surface area contributed by atoms with Gasteiger partial charge in [-0.15, -0.1) is 0 Å². The zero-order valence-electron chi connectivity index (χ0n) is 21.6. The minimum Gasteiger partial charge on any atom is -0.394 e. The highest BCUT2D eigenvalue weighted by molar-refractivity contribution is 5.73. The average molecular weight is 574 g/mol. The fourth-order valence-corrected chi connectivity index (χ4v) is 4.92. The molecule has 0 aromatic rings. The fraction of sp³-hybridized carbons (Fsp3) is 0.955. The molecule has 0 aliphatic carbocycles. The molecular formula is C22H39NO16. The second-order valence-electron chi connectivity index (χ2n) is 9.85. The molecule has 10 N–H and O–H groups in total. The van der Waals surface area contributed by atoms with Crippen molar-refractivity contribution >= 4 is 5.91 Å². The Labute approximate surface area is 223 Å². The van der Waals surface area contributed by atoms with Gasteiger partial charge in [-0.05, 0) is 6.92 Å². The van der Waals surface area contributed by atoms with Gasteiger partial charge in [-0.3, -0.25) is 4.79 Å². The third kappa shape index (κ3) is 6.53. The summed E-state index contributed by atoms with van der Waals surface area (Å²) in [6.45, 7) is 0.0529. The summed E-state index contributed by atoms with van der Waals surface area (Å²) in [4.78, 5) is 12.1. The van der Waals surface area contributed by atoms with Crippen LogP contribution in [0.25, 0.3) is 0 Å². The lowest BCUT2D eigenvalue weighted by atomic mass is 9.92. The maximum absolute atomic E-state index is 12.1. The molecule has 3 rings (SSSR count). The fourth-order valence-electron chi connectivity index (χ4n) is 4.92. The van der Waals surface area contributed by atoms with E-state index in [0.717, 1.165) is 6.92 Å². The highest BCUT2D eigenvalue weighted by atomic mass is 16.8. The van der Waals surface area contributed by atoms with E-state index in [2.05, 4.69) is 5.32 Å². The standard InChI is InChI=1S/C22H39NO16/c1-7(27)23-11-17(37-21-18(34-3)15(31)12(28)8(4-24)36-21)14(30)9(5-25)35-20(11)39-22(2)19(33)16(32)13(29)10(6-26)38-22/h8-21,24-26,28-33H,4-6H2,1-3H3,(H,23,27)/t8-,9-,10-,11-,12+,13+,14-,15+,16+,17-,18-,19-,20+,21+,22+/m1/s1. The molecule has 3 aliphatic heterocycles. The third-order valence-corrected chi connectivity index (χ3v) is 7.12. The van der Waals surface area contributed by atoms with Gasteiger partial charge < -0.3 is 79.7 Å². The lowest BCUT2D eigenvalue weighted by Gasteiger charge is -2.51. The summed E-state index contributed by atoms with van der Waals surface area (Å²) in [6, 6.07) is -1.43. The maximum Gasteiger partial charge on any atom is 0.217 e. The molecule has 3 saturated heterocycles. The minimum atomic E-state index is -2.15. The highest BCUT2D eigenvalue weighted by Crippen LogP contribution is 2.36. The highest BCUT2D eigenvalue weighted by Gasteiger charge is 2.57. The molecule has 17 heteroatoms. The number of methoxy groups -OCH3 is 1. The molecular weight excluding hydrogens is 534 g/mol. The number of hydrogen-bond acceptors (Lipinski definition) is 16. The summed E-state index contributed by atoms with van der Waals surface area (Å²) in [5.41, 5.74) is 0. The van der Waals surface area contributed by atoms with Gasteiger partial charge in [-0.2, -0.15) is 0 Å². The van der Waals surface area contributed by atoms with E-state index in [-0.39, 0.29) is 0 Å². The van der Waals surface area contributed by atoms with Crippen molar-refractivity contribution in [2.75, 3.05) is 26.9 Å². The van der Waals surface area contributed by atoms with Crippen molar-refractivity contribution in [2.24, 2.45) is 0 Å². The van der Waals surface area contributed by atoms with Crippen molar-refractivity contribution in [3.8, 4) is 0 Å². The van der Waals surface area contributed by atoms with Crippen LogP contribution in [-0.2, 0) is 33.2 Å². The monoisotopic (exact) mass is 573 g/mol. The molecule has 17 nitrogen and oxygen atoms in total. The van der Waals surface area contributed by atoms with Crippen molar-refractivity contribution in [2.45, 2.75) is 105 Å². The van der Waals surface area contributed by atoms with E-state index in [1.807, 2.05) is 0 Å². The Bertz CT molecular complexity index is 806. The van der Waals surface area contributed by atoms with Gasteiger partial charge in [-0.1, -0.05) is 0 Å². The smallest absolute Gasteiger partial charge is 0.217 e. The molecule has 0 radical (unpaired) electrons. The predicted octanol–water partition coefficient (Wildman–Crippen LogP) is -6.38. The van der Waals surface area contributed by atoms with Gasteiger partial charge in [0.05, 0.1) is 19.8 Å². The van der Waals surface area contributed by atoms with E-state index in [4.69, 9.17) is 28.4 Å². The van der Waals surface area contributed by atoms with E-state index in [1.54, 1.807) is 0 Å². The summed E-state index contributed by atoms with van der Waals surface area (Å²) in [7, 11) is 1.19. The number of carbonyl (C=O) groups excluding carboxylic acids is 1. The lowest BCUT2D eigenvalue weighted by molar-refractivity contribution is -0.413. The summed E-state index contributed by atoms with van der Waals surface area (Å²) in [6.07, 6.45) is -20.3. The SMILES string of the molecule is CO[C@H]1[C@H](O[C@H]2[C@H](O)[C@@H](CO)O[C@@H](O[C@]3(C)O[C@H](CO)[C@H](O)[C@H](O)[C@H]3O)[C@@H]2NC(C)=O)O[C@H](CO)[C@H](O)[C@@H]1O. The van der Waals surface area contributed by atoms with Gasteiger partial charge in [0.2, 0.25) is 5.91 Å². The molecule has 0 bridgehead atoms. The van der Waals surface area contributed by atoms with Crippen LogP contribution < -0.4 is 5.32 Å². The number of aliphatic hydroxyl groups excluding tert-OH is 9. The topological polar surface area (TPSA) is 267 Å². The quantitative estimate of drug-likeness (QED) is 0.123. The second-order valence-corrected chi connectivity index (χ2v) is 9.85. The first-order valence-electron chi connectivity index (χ1n) is 12.4. The van der Waals surface area contributed by atoms with Crippen molar-refractivity contribution in [3.63, 3.8) is 0 Å². The van der Waals surface area contributed by atoms with Gasteiger partial charge >= 0.3 is 0 Å². The Morgan fingerprint density at radius 3 is 1.87 bits per heavy atom. The van der Waals surface area contributed by atoms with Crippen LogP contribution in [0, 0.1) is 0 Å². The van der Waals surface area contributed by atoms with Crippen molar-refractivity contribution in [1.82, 2.24) is 5.32 Å². The lowest BCUT2D eigenvalue weighted by Crippen LogP contribution is -2.71. The van der Waals surface area contributed by atoms with Crippen LogP contribution >= 0.6 is 0 Å². The number of ether oxygens (including phenoxy) is 6. The maximum atomic E-state index is 12.1. The first kappa shape index (κ1) is 32.4. The second kappa shape index (κ2) is 13.2. The van der Waals surface area contributed by atoms with Crippen molar-refractivity contribution in [1.29, 1.82) is 0 Å². The molecule has 0 saturated carbocycles. The zero-order valence-corrected chi connectivity index (χ0v) is 21.6. The molecule has 3 aliphatic rings. The molecule has 3 fully saturated rings. The Hall–Kier alpha value is -1.13. The Morgan fingerprint density at radius 1 is 0.795 bits per heavy atom. The molecule has 0 spiro atoms. The molecule has 0 aromatic carbocycles. The number of rotatable bonds is 9. The van der Waals surface area contributed by atoms with Crippen LogP contribution in [0.15, 0.2) is 0 Å². The Kier molecular flexibility index (Phi) is 11.0. The molecule has 15 atom stereocenters. The van der Waals surface area contributed by atoms with Crippen LogP contribution in [0.2, 0.25) is 0 Å². The largest absolute Gasteiger partial charge is 0.394 e. The van der Waals surface area contributed by atoms with Crippen molar-refractivity contribution in [3.05, 3.63) is 0 Å². The van der Waals surface area contributed by atoms with E-state index in [1.165, 1.54) is 14.0 Å².